The van der Waals surface area contributed by atoms with Crippen LogP contribution in [0.2, 0.25) is 0 Å². The third-order valence-electron chi connectivity index (χ3n) is 5.99. The molecule has 1 aromatic heterocycles. The highest BCUT2D eigenvalue weighted by Gasteiger charge is 2.38. The second-order valence-corrected chi connectivity index (χ2v) is 10.1. The molecule has 0 saturated carbocycles. The number of nitrogens with zero attached hydrogens (tertiary/aromatic N) is 2. The van der Waals surface area contributed by atoms with Gasteiger partial charge < -0.3 is 26.2 Å². The number of carboxylic acids is 2. The summed E-state index contributed by atoms with van der Waals surface area (Å²) in [7, 11) is 0. The summed E-state index contributed by atoms with van der Waals surface area (Å²) in [5.74, 6) is -5.47. The van der Waals surface area contributed by atoms with Crippen LogP contribution >= 0.6 is 15.9 Å². The Bertz CT molecular complexity index is 1360. The van der Waals surface area contributed by atoms with Crippen molar-refractivity contribution in [3.63, 3.8) is 0 Å². The molecule has 1 aliphatic heterocycles. The maximum Gasteiger partial charge on any atom is 0.490 e. The number of benzene rings is 2. The summed E-state index contributed by atoms with van der Waals surface area (Å²) in [6.07, 6.45) is -4.07. The highest BCUT2D eigenvalue weighted by Crippen LogP contribution is 2.22. The Kier molecular flexibility index (Phi) is 12.7. The number of halogens is 7. The number of amides is 1. The standard InChI is InChI=1S/C23H25BrN4O.2C2HF3O2/c24-19-4-1-16(2-5-19)13-22(25)23(29)28-11-8-20(9-12-28)27-21-6-3-18-15-26-10-7-17(18)14-21;2*3-2(4,5)1(6)7/h1-7,10,14-15,20,22,27H,8-9,11-13,25H2;2*(H,6,7)/t22-;;/m1../s1. The van der Waals surface area contributed by atoms with Gasteiger partial charge in [-0.2, -0.15) is 26.3 Å². The molecule has 0 unspecified atom stereocenters. The number of fused-ring (bicyclic) bond motifs is 1. The molecular formula is C27H27BrF6N4O5. The summed E-state index contributed by atoms with van der Waals surface area (Å²) in [4.78, 5) is 36.6. The fourth-order valence-electron chi connectivity index (χ4n) is 3.85. The predicted molar refractivity (Wildman–Crippen MR) is 148 cm³/mol. The van der Waals surface area contributed by atoms with Crippen molar-refractivity contribution in [1.82, 2.24) is 9.88 Å². The molecule has 9 nitrogen and oxygen atoms in total. The zero-order chi connectivity index (χ0) is 32.4. The number of piperidine rings is 1. The quantitative estimate of drug-likeness (QED) is 0.268. The van der Waals surface area contributed by atoms with Gasteiger partial charge in [0, 0.05) is 47.1 Å². The van der Waals surface area contributed by atoms with Crippen molar-refractivity contribution in [1.29, 1.82) is 0 Å². The maximum atomic E-state index is 12.7. The summed E-state index contributed by atoms with van der Waals surface area (Å²) in [5, 5.41) is 20.2. The van der Waals surface area contributed by atoms with Gasteiger partial charge in [-0.1, -0.05) is 34.1 Å². The van der Waals surface area contributed by atoms with Crippen LogP contribution < -0.4 is 11.1 Å². The van der Waals surface area contributed by atoms with Gasteiger partial charge in [-0.15, -0.1) is 0 Å². The van der Waals surface area contributed by atoms with Crippen LogP contribution in [-0.2, 0) is 20.8 Å². The van der Waals surface area contributed by atoms with Crippen molar-refractivity contribution in [3.8, 4) is 0 Å². The molecule has 5 N–H and O–H groups in total. The normalized spacial score (nSPS) is 14.5. The molecule has 0 bridgehead atoms. The van der Waals surface area contributed by atoms with E-state index in [4.69, 9.17) is 25.5 Å². The van der Waals surface area contributed by atoms with Crippen LogP contribution in [0.3, 0.4) is 0 Å². The topological polar surface area (TPSA) is 146 Å². The molecular weight excluding hydrogens is 654 g/mol. The molecule has 2 heterocycles. The average Bonchev–Trinajstić information content (AvgIpc) is 2.94. The zero-order valence-corrected chi connectivity index (χ0v) is 23.8. The molecule has 1 aliphatic rings. The van der Waals surface area contributed by atoms with E-state index in [1.54, 1.807) is 0 Å². The SMILES string of the molecule is N[C@H](Cc1ccc(Br)cc1)C(=O)N1CCC(Nc2ccc3cnccc3c2)CC1.O=C(O)C(F)(F)F.O=C(O)C(F)(F)F. The number of anilines is 1. The van der Waals surface area contributed by atoms with Crippen molar-refractivity contribution in [2.24, 2.45) is 5.73 Å². The molecule has 1 saturated heterocycles. The Labute approximate surface area is 249 Å². The summed E-state index contributed by atoms with van der Waals surface area (Å²) in [5.41, 5.74) is 8.40. The summed E-state index contributed by atoms with van der Waals surface area (Å²) in [6.45, 7) is 1.48. The van der Waals surface area contributed by atoms with Crippen molar-refractivity contribution < 1.29 is 50.9 Å². The summed E-state index contributed by atoms with van der Waals surface area (Å²) >= 11 is 3.43. The van der Waals surface area contributed by atoms with Crippen LogP contribution in [0.1, 0.15) is 18.4 Å². The predicted octanol–water partition coefficient (Wildman–Crippen LogP) is 5.24. The van der Waals surface area contributed by atoms with Gasteiger partial charge in [0.25, 0.3) is 0 Å². The summed E-state index contributed by atoms with van der Waals surface area (Å²) in [6, 6.07) is 16.2. The second-order valence-electron chi connectivity index (χ2n) is 9.22. The van der Waals surface area contributed by atoms with Crippen LogP contribution in [0.5, 0.6) is 0 Å². The number of nitrogens with two attached hydrogens (primary N) is 1. The minimum Gasteiger partial charge on any atom is -0.475 e. The molecule has 0 aliphatic carbocycles. The van der Waals surface area contributed by atoms with E-state index >= 15 is 0 Å². The van der Waals surface area contributed by atoms with E-state index in [1.807, 2.05) is 47.6 Å². The molecule has 1 atom stereocenters. The minimum absolute atomic E-state index is 0.0459. The van der Waals surface area contributed by atoms with E-state index in [1.165, 1.54) is 5.39 Å². The Morgan fingerprint density at radius 3 is 1.98 bits per heavy atom. The number of pyridine rings is 1. The van der Waals surface area contributed by atoms with Gasteiger partial charge >= 0.3 is 24.3 Å². The van der Waals surface area contributed by atoms with Crippen molar-refractivity contribution in [3.05, 3.63) is 71.0 Å². The molecule has 2 aromatic carbocycles. The highest BCUT2D eigenvalue weighted by molar-refractivity contribution is 9.10. The first kappa shape index (κ1) is 35.3. The monoisotopic (exact) mass is 680 g/mol. The van der Waals surface area contributed by atoms with Gasteiger partial charge in [0.2, 0.25) is 5.91 Å². The minimum atomic E-state index is -5.08. The lowest BCUT2D eigenvalue weighted by molar-refractivity contribution is -0.193. The molecule has 0 spiro atoms. The molecule has 0 radical (unpaired) electrons. The second kappa shape index (κ2) is 15.5. The van der Waals surface area contributed by atoms with Crippen molar-refractivity contribution >= 4 is 50.2 Å². The number of aromatic nitrogens is 1. The first-order valence-corrected chi connectivity index (χ1v) is 13.3. The number of hydrogen-bond acceptors (Lipinski definition) is 6. The fraction of sp³-hybridized carbons (Fsp3) is 0.333. The van der Waals surface area contributed by atoms with Crippen LogP contribution in [0.25, 0.3) is 10.8 Å². The number of likely N-dealkylation sites (tertiary alicyclic amines) is 1. The van der Waals surface area contributed by atoms with Crippen molar-refractivity contribution in [2.75, 3.05) is 18.4 Å². The first-order valence-electron chi connectivity index (χ1n) is 12.5. The van der Waals surface area contributed by atoms with Crippen LogP contribution in [0, 0.1) is 0 Å². The number of rotatable bonds is 5. The highest BCUT2D eigenvalue weighted by atomic mass is 79.9. The van der Waals surface area contributed by atoms with E-state index in [0.29, 0.717) is 12.5 Å². The molecule has 1 fully saturated rings. The van der Waals surface area contributed by atoms with Crippen molar-refractivity contribution in [2.45, 2.75) is 43.7 Å². The largest absolute Gasteiger partial charge is 0.490 e. The van der Waals surface area contributed by atoms with Gasteiger partial charge in [-0.3, -0.25) is 9.78 Å². The van der Waals surface area contributed by atoms with Gasteiger partial charge in [-0.25, -0.2) is 9.59 Å². The average molecular weight is 681 g/mol. The lowest BCUT2D eigenvalue weighted by Crippen LogP contribution is -2.49. The number of nitrogens with one attached hydrogen (secondary N) is 1. The fourth-order valence-corrected chi connectivity index (χ4v) is 4.11. The van der Waals surface area contributed by atoms with Gasteiger partial charge in [0.1, 0.15) is 0 Å². The van der Waals surface area contributed by atoms with Gasteiger partial charge in [0.05, 0.1) is 6.04 Å². The molecule has 4 rings (SSSR count). The number of carbonyl (C=O) groups excluding carboxylic acids is 1. The lowest BCUT2D eigenvalue weighted by atomic mass is 10.0. The first-order chi connectivity index (χ1) is 20.0. The maximum absolute atomic E-state index is 12.7. The van der Waals surface area contributed by atoms with E-state index in [2.05, 4.69) is 44.4 Å². The van der Waals surface area contributed by atoms with E-state index in [0.717, 1.165) is 47.0 Å². The van der Waals surface area contributed by atoms with Crippen LogP contribution in [0.4, 0.5) is 32.0 Å². The molecule has 16 heteroatoms. The number of carboxylic acid groups (broad SMARTS) is 2. The van der Waals surface area contributed by atoms with Gasteiger partial charge in [0.15, 0.2) is 0 Å². The molecule has 1 amide bonds. The lowest BCUT2D eigenvalue weighted by Gasteiger charge is -2.34. The third-order valence-corrected chi connectivity index (χ3v) is 6.52. The van der Waals surface area contributed by atoms with E-state index in [9.17, 15) is 31.1 Å². The van der Waals surface area contributed by atoms with Crippen LogP contribution in [0.15, 0.2) is 65.4 Å². The van der Waals surface area contributed by atoms with Gasteiger partial charge in [-0.05, 0) is 60.5 Å². The molecule has 43 heavy (non-hydrogen) atoms. The van der Waals surface area contributed by atoms with E-state index < -0.39 is 30.3 Å². The number of hydrogen-bond donors (Lipinski definition) is 4. The zero-order valence-electron chi connectivity index (χ0n) is 22.2. The molecule has 3 aromatic rings. The number of aliphatic carboxylic acids is 2. The Balaban J connectivity index is 0.000000384. The van der Waals surface area contributed by atoms with E-state index in [-0.39, 0.29) is 5.91 Å². The number of alkyl halides is 6. The smallest absolute Gasteiger partial charge is 0.475 e. The molecule has 234 valence electrons. The third kappa shape index (κ3) is 12.1. The Hall–Kier alpha value is -3.92. The Morgan fingerprint density at radius 2 is 1.47 bits per heavy atom. The summed E-state index contributed by atoms with van der Waals surface area (Å²) < 4.78 is 64.5. The van der Waals surface area contributed by atoms with Crippen LogP contribution in [-0.4, -0.2) is 75.5 Å². The number of carbonyl (C=O) groups is 3. The Morgan fingerprint density at radius 1 is 0.930 bits per heavy atom.